The van der Waals surface area contributed by atoms with Gasteiger partial charge in [-0.05, 0) is 55.5 Å². The molecule has 2 amide bonds. The van der Waals surface area contributed by atoms with Gasteiger partial charge >= 0.3 is 6.03 Å². The first-order valence-corrected chi connectivity index (χ1v) is 9.82. The molecule has 2 atom stereocenters. The molecule has 0 unspecified atom stereocenters. The number of halogens is 1. The van der Waals surface area contributed by atoms with Crippen LogP contribution in [0, 0.1) is 5.82 Å². The zero-order valence-electron chi connectivity index (χ0n) is 16.0. The van der Waals surface area contributed by atoms with E-state index in [9.17, 15) is 9.18 Å². The molecule has 0 aromatic heterocycles. The van der Waals surface area contributed by atoms with Crippen molar-refractivity contribution in [2.45, 2.75) is 50.4 Å². The standard InChI is InChI=1S/C22H26FN3O2/c1-28-21-4-2-3-17(13-21)24-22(27)25-18-11-19-9-10-20(12-18)26(19)14-15-5-7-16(23)8-6-15/h2-8,13,18-20H,9-12,14H2,1H3,(H2,24,25,27)/t19-,20-/m1/s1. The Morgan fingerprint density at radius 1 is 1.14 bits per heavy atom. The number of carbonyl (C=O) groups excluding carboxylic acids is 1. The first-order chi connectivity index (χ1) is 13.6. The minimum atomic E-state index is -0.198. The second kappa shape index (κ2) is 8.19. The molecule has 28 heavy (non-hydrogen) atoms. The van der Waals surface area contributed by atoms with Crippen LogP contribution in [0.2, 0.25) is 0 Å². The molecule has 2 aliphatic heterocycles. The summed E-state index contributed by atoms with van der Waals surface area (Å²) in [7, 11) is 1.61. The van der Waals surface area contributed by atoms with Crippen molar-refractivity contribution in [2.24, 2.45) is 0 Å². The lowest BCUT2D eigenvalue weighted by Crippen LogP contribution is -2.50. The lowest BCUT2D eigenvalue weighted by Gasteiger charge is -2.39. The molecule has 0 spiro atoms. The van der Waals surface area contributed by atoms with Crippen LogP contribution in [0.3, 0.4) is 0 Å². The Balaban J connectivity index is 1.32. The van der Waals surface area contributed by atoms with Crippen molar-refractivity contribution in [2.75, 3.05) is 12.4 Å². The number of nitrogens with zero attached hydrogens (tertiary/aromatic N) is 1. The number of benzene rings is 2. The van der Waals surface area contributed by atoms with Crippen LogP contribution in [0.25, 0.3) is 0 Å². The van der Waals surface area contributed by atoms with Crippen LogP contribution in [0.15, 0.2) is 48.5 Å². The van der Waals surface area contributed by atoms with E-state index in [1.54, 1.807) is 13.2 Å². The van der Waals surface area contributed by atoms with Gasteiger partial charge in [-0.25, -0.2) is 9.18 Å². The molecule has 5 nitrogen and oxygen atoms in total. The number of rotatable bonds is 5. The van der Waals surface area contributed by atoms with Crippen LogP contribution in [0.5, 0.6) is 5.75 Å². The van der Waals surface area contributed by atoms with Crippen molar-refractivity contribution < 1.29 is 13.9 Å². The molecule has 0 radical (unpaired) electrons. The molecular formula is C22H26FN3O2. The molecule has 2 aromatic carbocycles. The molecule has 0 aliphatic carbocycles. The number of hydrogen-bond donors (Lipinski definition) is 2. The number of anilines is 1. The maximum Gasteiger partial charge on any atom is 0.319 e. The Labute approximate surface area is 164 Å². The summed E-state index contributed by atoms with van der Waals surface area (Å²) in [5.74, 6) is 0.515. The number of ether oxygens (including phenoxy) is 1. The highest BCUT2D eigenvalue weighted by atomic mass is 19.1. The Morgan fingerprint density at radius 3 is 2.54 bits per heavy atom. The van der Waals surface area contributed by atoms with Gasteiger partial charge in [-0.1, -0.05) is 18.2 Å². The highest BCUT2D eigenvalue weighted by Gasteiger charge is 2.40. The van der Waals surface area contributed by atoms with E-state index in [0.717, 1.165) is 37.8 Å². The molecule has 2 bridgehead atoms. The number of methoxy groups -OCH3 is 1. The van der Waals surface area contributed by atoms with Gasteiger partial charge in [0.05, 0.1) is 7.11 Å². The van der Waals surface area contributed by atoms with Crippen molar-refractivity contribution in [3.05, 3.63) is 59.9 Å². The van der Waals surface area contributed by atoms with Crippen molar-refractivity contribution in [1.29, 1.82) is 0 Å². The molecule has 2 aliphatic rings. The predicted molar refractivity (Wildman–Crippen MR) is 107 cm³/mol. The van der Waals surface area contributed by atoms with E-state index in [1.807, 2.05) is 30.3 Å². The fraction of sp³-hybridized carbons (Fsp3) is 0.409. The van der Waals surface area contributed by atoms with E-state index in [4.69, 9.17) is 4.74 Å². The molecule has 2 aromatic rings. The molecule has 2 fully saturated rings. The van der Waals surface area contributed by atoms with Gasteiger partial charge in [-0.2, -0.15) is 0 Å². The van der Waals surface area contributed by atoms with Crippen molar-refractivity contribution in [3.63, 3.8) is 0 Å². The van der Waals surface area contributed by atoms with Crippen molar-refractivity contribution in [1.82, 2.24) is 10.2 Å². The van der Waals surface area contributed by atoms with Crippen molar-refractivity contribution in [3.8, 4) is 5.75 Å². The minimum Gasteiger partial charge on any atom is -0.497 e. The Kier molecular flexibility index (Phi) is 5.48. The van der Waals surface area contributed by atoms with Crippen LogP contribution < -0.4 is 15.4 Å². The highest BCUT2D eigenvalue weighted by Crippen LogP contribution is 2.37. The molecule has 6 heteroatoms. The van der Waals surface area contributed by atoms with E-state index in [1.165, 1.54) is 12.1 Å². The Bertz CT molecular complexity index is 813. The van der Waals surface area contributed by atoms with Crippen LogP contribution >= 0.6 is 0 Å². The molecular weight excluding hydrogens is 357 g/mol. The summed E-state index contributed by atoms with van der Waals surface area (Å²) >= 11 is 0. The van der Waals surface area contributed by atoms with Gasteiger partial charge in [0.15, 0.2) is 0 Å². The smallest absolute Gasteiger partial charge is 0.319 e. The quantitative estimate of drug-likeness (QED) is 0.816. The zero-order valence-corrected chi connectivity index (χ0v) is 16.0. The minimum absolute atomic E-state index is 0.174. The average molecular weight is 383 g/mol. The lowest BCUT2D eigenvalue weighted by atomic mass is 9.96. The fourth-order valence-corrected chi connectivity index (χ4v) is 4.50. The van der Waals surface area contributed by atoms with Gasteiger partial charge in [-0.3, -0.25) is 4.90 Å². The third-order valence-corrected chi connectivity index (χ3v) is 5.83. The van der Waals surface area contributed by atoms with Gasteiger partial charge in [0.2, 0.25) is 0 Å². The largest absolute Gasteiger partial charge is 0.497 e. The van der Waals surface area contributed by atoms with Crippen LogP contribution in [-0.2, 0) is 6.54 Å². The number of carbonyl (C=O) groups is 1. The maximum absolute atomic E-state index is 13.1. The van der Waals surface area contributed by atoms with Gasteiger partial charge in [0, 0.05) is 36.4 Å². The first-order valence-electron chi connectivity index (χ1n) is 9.82. The Morgan fingerprint density at radius 2 is 1.86 bits per heavy atom. The number of nitrogens with one attached hydrogen (secondary N) is 2. The molecule has 2 N–H and O–H groups in total. The van der Waals surface area contributed by atoms with E-state index in [-0.39, 0.29) is 17.9 Å². The summed E-state index contributed by atoms with van der Waals surface area (Å²) in [5, 5.41) is 6.02. The number of amides is 2. The highest BCUT2D eigenvalue weighted by molar-refractivity contribution is 5.89. The molecule has 4 rings (SSSR count). The summed E-state index contributed by atoms with van der Waals surface area (Å²) in [6, 6.07) is 15.0. The van der Waals surface area contributed by atoms with Gasteiger partial charge in [0.25, 0.3) is 0 Å². The van der Waals surface area contributed by atoms with Gasteiger partial charge in [-0.15, -0.1) is 0 Å². The fourth-order valence-electron chi connectivity index (χ4n) is 4.50. The van der Waals surface area contributed by atoms with Crippen LogP contribution in [0.4, 0.5) is 14.9 Å². The third-order valence-electron chi connectivity index (χ3n) is 5.83. The number of hydrogen-bond acceptors (Lipinski definition) is 3. The maximum atomic E-state index is 13.1. The second-order valence-corrected chi connectivity index (χ2v) is 7.68. The third kappa shape index (κ3) is 4.28. The second-order valence-electron chi connectivity index (χ2n) is 7.68. The molecule has 2 heterocycles. The number of fused-ring (bicyclic) bond motifs is 2. The summed E-state index contributed by atoms with van der Waals surface area (Å²) < 4.78 is 18.3. The monoisotopic (exact) mass is 383 g/mol. The van der Waals surface area contributed by atoms with E-state index in [0.29, 0.717) is 23.5 Å². The van der Waals surface area contributed by atoms with Crippen LogP contribution in [0.1, 0.15) is 31.2 Å². The zero-order chi connectivity index (χ0) is 19.5. The topological polar surface area (TPSA) is 53.6 Å². The molecule has 0 saturated carbocycles. The summed E-state index contributed by atoms with van der Waals surface area (Å²) in [6.07, 6.45) is 4.20. The van der Waals surface area contributed by atoms with Crippen molar-refractivity contribution >= 4 is 11.7 Å². The summed E-state index contributed by atoms with van der Waals surface area (Å²) in [4.78, 5) is 14.9. The Hall–Kier alpha value is -2.60. The number of piperidine rings is 1. The SMILES string of the molecule is COc1cccc(NC(=O)NC2C[C@H]3CC[C@H](C2)N3Cc2ccc(F)cc2)c1. The predicted octanol–water partition coefficient (Wildman–Crippen LogP) is 4.15. The first kappa shape index (κ1) is 18.7. The summed E-state index contributed by atoms with van der Waals surface area (Å²) in [5.41, 5.74) is 1.86. The number of urea groups is 1. The molecule has 2 saturated heterocycles. The summed E-state index contributed by atoms with van der Waals surface area (Å²) in [6.45, 7) is 0.846. The van der Waals surface area contributed by atoms with E-state index >= 15 is 0 Å². The van der Waals surface area contributed by atoms with Gasteiger partial charge in [0.1, 0.15) is 11.6 Å². The average Bonchev–Trinajstić information content (AvgIpc) is 2.92. The van der Waals surface area contributed by atoms with E-state index in [2.05, 4.69) is 15.5 Å². The molecule has 148 valence electrons. The normalized spacial score (nSPS) is 24.0. The van der Waals surface area contributed by atoms with E-state index < -0.39 is 0 Å². The van der Waals surface area contributed by atoms with Crippen LogP contribution in [-0.4, -0.2) is 36.2 Å². The lowest BCUT2D eigenvalue weighted by molar-refractivity contribution is 0.112. The van der Waals surface area contributed by atoms with Gasteiger partial charge < -0.3 is 15.4 Å².